The van der Waals surface area contributed by atoms with Gasteiger partial charge in [-0.25, -0.2) is 8.42 Å². The van der Waals surface area contributed by atoms with Gasteiger partial charge in [0.1, 0.15) is 0 Å². The first-order valence-electron chi connectivity index (χ1n) is 6.47. The molecule has 1 aromatic rings. The van der Waals surface area contributed by atoms with Gasteiger partial charge in [0.2, 0.25) is 10.0 Å². The van der Waals surface area contributed by atoms with Crippen molar-refractivity contribution in [1.29, 1.82) is 0 Å². The van der Waals surface area contributed by atoms with E-state index in [2.05, 4.69) is 21.2 Å². The van der Waals surface area contributed by atoms with Gasteiger partial charge in [0.25, 0.3) is 5.69 Å². The fourth-order valence-corrected chi connectivity index (χ4v) is 4.60. The normalized spacial score (nSPS) is 20.4. The molecule has 0 aliphatic carbocycles. The average Bonchev–Trinajstić information content (AvgIpc) is 2.46. The summed E-state index contributed by atoms with van der Waals surface area (Å²) in [4.78, 5) is 10.1. The van der Waals surface area contributed by atoms with Gasteiger partial charge in [-0.3, -0.25) is 10.1 Å². The lowest BCUT2D eigenvalue weighted by Crippen LogP contribution is -2.46. The average molecular weight is 378 g/mol. The second-order valence-electron chi connectivity index (χ2n) is 4.86. The number of hydrogen-bond acceptors (Lipinski definition) is 5. The highest BCUT2D eigenvalue weighted by Gasteiger charge is 2.34. The van der Waals surface area contributed by atoms with Crippen LogP contribution < -0.4 is 5.32 Å². The number of rotatable bonds is 4. The molecule has 9 heteroatoms. The number of likely N-dealkylation sites (N-methyl/N-ethyl adjacent to an activating group) is 1. The lowest BCUT2D eigenvalue weighted by molar-refractivity contribution is -0.387. The number of nitrogens with one attached hydrogen (secondary N) is 1. The van der Waals surface area contributed by atoms with Gasteiger partial charge in [-0.2, -0.15) is 4.31 Å². The summed E-state index contributed by atoms with van der Waals surface area (Å²) in [7, 11) is -2.10. The van der Waals surface area contributed by atoms with E-state index in [-0.39, 0.29) is 10.9 Å². The van der Waals surface area contributed by atoms with Crippen molar-refractivity contribution in [1.82, 2.24) is 9.62 Å². The van der Waals surface area contributed by atoms with Crippen LogP contribution in [0.3, 0.4) is 0 Å². The first kappa shape index (κ1) is 16.3. The Bertz CT molecular complexity index is 650. The Labute approximate surface area is 131 Å². The minimum Gasteiger partial charge on any atom is -0.316 e. The van der Waals surface area contributed by atoms with Crippen LogP contribution in [0.25, 0.3) is 0 Å². The van der Waals surface area contributed by atoms with Crippen molar-refractivity contribution < 1.29 is 13.3 Å². The summed E-state index contributed by atoms with van der Waals surface area (Å²) in [5.41, 5.74) is -0.398. The van der Waals surface area contributed by atoms with Crippen LogP contribution in [-0.2, 0) is 10.0 Å². The summed E-state index contributed by atoms with van der Waals surface area (Å²) < 4.78 is 27.2. The van der Waals surface area contributed by atoms with Crippen molar-refractivity contribution >= 4 is 31.6 Å². The Morgan fingerprint density at radius 3 is 2.81 bits per heavy atom. The van der Waals surface area contributed by atoms with Gasteiger partial charge in [-0.05, 0) is 32.0 Å². The van der Waals surface area contributed by atoms with Crippen LogP contribution in [-0.4, -0.2) is 43.8 Å². The minimum atomic E-state index is -3.88. The first-order valence-corrected chi connectivity index (χ1v) is 8.71. The van der Waals surface area contributed by atoms with Crippen LogP contribution in [0.4, 0.5) is 5.69 Å². The first-order chi connectivity index (χ1) is 9.86. The molecule has 0 radical (unpaired) electrons. The van der Waals surface area contributed by atoms with E-state index in [9.17, 15) is 18.5 Å². The highest BCUT2D eigenvalue weighted by atomic mass is 79.9. The van der Waals surface area contributed by atoms with Crippen LogP contribution in [0.5, 0.6) is 0 Å². The van der Waals surface area contributed by atoms with Gasteiger partial charge in [-0.15, -0.1) is 0 Å². The number of piperidine rings is 1. The SMILES string of the molecule is CNC1CCCN(S(=O)(=O)c2cc(Br)ccc2[N+](=O)[O-])C1. The monoisotopic (exact) mass is 377 g/mol. The summed E-state index contributed by atoms with van der Waals surface area (Å²) in [5, 5.41) is 14.1. The molecule has 1 N–H and O–H groups in total. The maximum atomic E-state index is 12.7. The Hall–Kier alpha value is -1.03. The molecule has 1 atom stereocenters. The molecule has 0 saturated carbocycles. The summed E-state index contributed by atoms with van der Waals surface area (Å²) in [6.07, 6.45) is 1.62. The number of nitro groups is 1. The Morgan fingerprint density at radius 1 is 1.48 bits per heavy atom. The molecule has 116 valence electrons. The second kappa shape index (κ2) is 6.39. The van der Waals surface area contributed by atoms with Crippen molar-refractivity contribution in [3.05, 3.63) is 32.8 Å². The number of nitrogens with zero attached hydrogens (tertiary/aromatic N) is 2. The molecule has 1 aliphatic heterocycles. The van der Waals surface area contributed by atoms with E-state index in [0.717, 1.165) is 12.8 Å². The second-order valence-corrected chi connectivity index (χ2v) is 7.68. The molecule has 0 spiro atoms. The molecule has 21 heavy (non-hydrogen) atoms. The molecular weight excluding hydrogens is 362 g/mol. The van der Waals surface area contributed by atoms with Crippen LogP contribution in [0.2, 0.25) is 0 Å². The lowest BCUT2D eigenvalue weighted by atomic mass is 10.1. The van der Waals surface area contributed by atoms with Crippen LogP contribution in [0.1, 0.15) is 12.8 Å². The third kappa shape index (κ3) is 3.42. The number of hydrogen-bond donors (Lipinski definition) is 1. The summed E-state index contributed by atoms with van der Waals surface area (Å²) >= 11 is 3.17. The maximum Gasteiger partial charge on any atom is 0.289 e. The van der Waals surface area contributed by atoms with E-state index in [0.29, 0.717) is 17.6 Å². The molecule has 1 aliphatic rings. The zero-order valence-electron chi connectivity index (χ0n) is 11.5. The largest absolute Gasteiger partial charge is 0.316 e. The van der Waals surface area contributed by atoms with Crippen molar-refractivity contribution in [3.8, 4) is 0 Å². The number of benzene rings is 1. The smallest absolute Gasteiger partial charge is 0.289 e. The van der Waals surface area contributed by atoms with Crippen molar-refractivity contribution in [2.45, 2.75) is 23.8 Å². The van der Waals surface area contributed by atoms with E-state index >= 15 is 0 Å². The predicted octanol–water partition coefficient (Wildman–Crippen LogP) is 1.73. The Morgan fingerprint density at radius 2 is 2.19 bits per heavy atom. The molecule has 0 aromatic heterocycles. The van der Waals surface area contributed by atoms with E-state index in [1.807, 2.05) is 0 Å². The van der Waals surface area contributed by atoms with E-state index in [4.69, 9.17) is 0 Å². The number of sulfonamides is 1. The minimum absolute atomic E-state index is 0.0692. The molecule has 0 bridgehead atoms. The van der Waals surface area contributed by atoms with Gasteiger partial charge in [0.15, 0.2) is 4.90 Å². The molecule has 1 saturated heterocycles. The zero-order valence-corrected chi connectivity index (χ0v) is 13.9. The number of halogens is 1. The topological polar surface area (TPSA) is 92.6 Å². The highest BCUT2D eigenvalue weighted by molar-refractivity contribution is 9.10. The molecular formula is C12H16BrN3O4S. The molecule has 7 nitrogen and oxygen atoms in total. The molecule has 1 unspecified atom stereocenters. The quantitative estimate of drug-likeness (QED) is 0.636. The van der Waals surface area contributed by atoms with Crippen LogP contribution >= 0.6 is 15.9 Å². The fraction of sp³-hybridized carbons (Fsp3) is 0.500. The summed E-state index contributed by atoms with van der Waals surface area (Å²) in [6.45, 7) is 0.701. The predicted molar refractivity (Wildman–Crippen MR) is 81.6 cm³/mol. The lowest BCUT2D eigenvalue weighted by Gasteiger charge is -2.31. The van der Waals surface area contributed by atoms with Crippen LogP contribution in [0, 0.1) is 10.1 Å². The van der Waals surface area contributed by atoms with E-state index in [1.165, 1.54) is 22.5 Å². The van der Waals surface area contributed by atoms with Gasteiger partial charge >= 0.3 is 0 Å². The third-order valence-electron chi connectivity index (χ3n) is 3.53. The third-order valence-corrected chi connectivity index (χ3v) is 5.92. The number of nitro benzene ring substituents is 1. The van der Waals surface area contributed by atoms with Gasteiger partial charge in [-0.1, -0.05) is 15.9 Å². The molecule has 2 rings (SSSR count). The Kier molecular flexibility index (Phi) is 4.97. The molecule has 1 heterocycles. The van der Waals surface area contributed by atoms with E-state index < -0.39 is 20.6 Å². The van der Waals surface area contributed by atoms with Crippen molar-refractivity contribution in [3.63, 3.8) is 0 Å². The van der Waals surface area contributed by atoms with Crippen LogP contribution in [0.15, 0.2) is 27.6 Å². The molecule has 1 fully saturated rings. The van der Waals surface area contributed by atoms with Crippen molar-refractivity contribution in [2.75, 3.05) is 20.1 Å². The maximum absolute atomic E-state index is 12.7. The highest BCUT2D eigenvalue weighted by Crippen LogP contribution is 2.30. The van der Waals surface area contributed by atoms with Crippen molar-refractivity contribution in [2.24, 2.45) is 0 Å². The summed E-state index contributed by atoms with van der Waals surface area (Å²) in [6, 6.07) is 4.02. The standard InChI is InChI=1S/C12H16BrN3O4S/c1-14-10-3-2-6-15(8-10)21(19,20)12-7-9(13)4-5-11(12)16(17)18/h4-5,7,10,14H,2-3,6,8H2,1H3. The van der Waals surface area contributed by atoms with Gasteiger partial charge in [0.05, 0.1) is 4.92 Å². The fourth-order valence-electron chi connectivity index (χ4n) is 2.38. The van der Waals surface area contributed by atoms with E-state index in [1.54, 1.807) is 7.05 Å². The molecule has 0 amide bonds. The molecule has 1 aromatic carbocycles. The zero-order chi connectivity index (χ0) is 15.6. The van der Waals surface area contributed by atoms with Gasteiger partial charge < -0.3 is 5.32 Å². The van der Waals surface area contributed by atoms with Gasteiger partial charge in [0, 0.05) is 29.7 Å². The summed E-state index contributed by atoms with van der Waals surface area (Å²) in [5.74, 6) is 0. The Balaban J connectivity index is 2.44.